The summed E-state index contributed by atoms with van der Waals surface area (Å²) < 4.78 is 1.87. The quantitative estimate of drug-likeness (QED) is 0.829. The van der Waals surface area contributed by atoms with E-state index in [1.54, 1.807) is 24.5 Å². The predicted octanol–water partition coefficient (Wildman–Crippen LogP) is 1.20. The molecule has 2 N–H and O–H groups in total. The monoisotopic (exact) mass is 273 g/mol. The van der Waals surface area contributed by atoms with E-state index in [4.69, 9.17) is 0 Å². The zero-order chi connectivity index (χ0) is 14.4. The van der Waals surface area contributed by atoms with Crippen LogP contribution in [0.15, 0.2) is 36.9 Å². The SMILES string of the molecule is Cc1cnn(CC(C)NCC(=O)Nc2cccnc2)c1. The molecule has 0 saturated heterocycles. The normalized spacial score (nSPS) is 12.1. The van der Waals surface area contributed by atoms with Crippen LogP contribution in [0.3, 0.4) is 0 Å². The van der Waals surface area contributed by atoms with Gasteiger partial charge in [-0.05, 0) is 31.5 Å². The van der Waals surface area contributed by atoms with Gasteiger partial charge in [-0.1, -0.05) is 0 Å². The highest BCUT2D eigenvalue weighted by Gasteiger charge is 2.07. The van der Waals surface area contributed by atoms with Crippen LogP contribution in [0.5, 0.6) is 0 Å². The van der Waals surface area contributed by atoms with Gasteiger partial charge in [-0.25, -0.2) is 0 Å². The zero-order valence-electron chi connectivity index (χ0n) is 11.7. The van der Waals surface area contributed by atoms with Crippen LogP contribution in [0.25, 0.3) is 0 Å². The van der Waals surface area contributed by atoms with Gasteiger partial charge in [0.1, 0.15) is 0 Å². The first-order chi connectivity index (χ1) is 9.63. The Morgan fingerprint density at radius 2 is 2.30 bits per heavy atom. The topological polar surface area (TPSA) is 71.8 Å². The van der Waals surface area contributed by atoms with Crippen molar-refractivity contribution < 1.29 is 4.79 Å². The van der Waals surface area contributed by atoms with E-state index in [-0.39, 0.29) is 18.5 Å². The van der Waals surface area contributed by atoms with Crippen molar-refractivity contribution in [2.75, 3.05) is 11.9 Å². The van der Waals surface area contributed by atoms with E-state index in [2.05, 4.69) is 20.7 Å². The molecule has 0 bridgehead atoms. The number of nitrogens with zero attached hydrogens (tertiary/aromatic N) is 3. The Bertz CT molecular complexity index is 552. The van der Waals surface area contributed by atoms with Crippen LogP contribution in [-0.4, -0.2) is 33.3 Å². The summed E-state index contributed by atoms with van der Waals surface area (Å²) in [7, 11) is 0. The Hall–Kier alpha value is -2.21. The molecule has 0 fully saturated rings. The van der Waals surface area contributed by atoms with E-state index in [0.29, 0.717) is 5.69 Å². The summed E-state index contributed by atoms with van der Waals surface area (Å²) in [5, 5.41) is 10.2. The number of nitrogens with one attached hydrogen (secondary N) is 2. The van der Waals surface area contributed by atoms with Gasteiger partial charge in [-0.2, -0.15) is 5.10 Å². The molecule has 1 atom stereocenters. The number of rotatable bonds is 6. The molecule has 2 rings (SSSR count). The number of anilines is 1. The molecule has 1 amide bonds. The molecule has 2 aromatic heterocycles. The lowest BCUT2D eigenvalue weighted by Gasteiger charge is -2.13. The van der Waals surface area contributed by atoms with E-state index in [1.165, 1.54) is 0 Å². The molecule has 0 spiro atoms. The first-order valence-corrected chi connectivity index (χ1v) is 6.56. The van der Waals surface area contributed by atoms with Crippen LogP contribution in [0.1, 0.15) is 12.5 Å². The minimum absolute atomic E-state index is 0.0819. The fourth-order valence-electron chi connectivity index (χ4n) is 1.82. The van der Waals surface area contributed by atoms with Crippen molar-refractivity contribution in [2.45, 2.75) is 26.4 Å². The molecule has 0 aliphatic rings. The number of carbonyl (C=O) groups excluding carboxylic acids is 1. The van der Waals surface area contributed by atoms with E-state index >= 15 is 0 Å². The molecule has 20 heavy (non-hydrogen) atoms. The average Bonchev–Trinajstić information content (AvgIpc) is 2.83. The van der Waals surface area contributed by atoms with Crippen molar-refractivity contribution in [3.8, 4) is 0 Å². The molecule has 0 aliphatic carbocycles. The number of carbonyl (C=O) groups is 1. The summed E-state index contributed by atoms with van der Waals surface area (Å²) in [5.74, 6) is -0.0819. The average molecular weight is 273 g/mol. The zero-order valence-corrected chi connectivity index (χ0v) is 11.7. The third-order valence-electron chi connectivity index (χ3n) is 2.78. The number of amides is 1. The first kappa shape index (κ1) is 14.2. The smallest absolute Gasteiger partial charge is 0.238 e. The van der Waals surface area contributed by atoms with Crippen molar-refractivity contribution in [2.24, 2.45) is 0 Å². The number of hydrogen-bond acceptors (Lipinski definition) is 4. The first-order valence-electron chi connectivity index (χ1n) is 6.56. The second-order valence-electron chi connectivity index (χ2n) is 4.81. The Morgan fingerprint density at radius 3 is 2.95 bits per heavy atom. The van der Waals surface area contributed by atoms with Crippen LogP contribution in [-0.2, 0) is 11.3 Å². The lowest BCUT2D eigenvalue weighted by atomic mass is 10.3. The molecule has 0 aromatic carbocycles. The maximum absolute atomic E-state index is 11.7. The van der Waals surface area contributed by atoms with Gasteiger partial charge in [0.25, 0.3) is 0 Å². The molecule has 1 unspecified atom stereocenters. The maximum Gasteiger partial charge on any atom is 0.238 e. The van der Waals surface area contributed by atoms with Gasteiger partial charge in [0.05, 0.1) is 31.2 Å². The second-order valence-corrected chi connectivity index (χ2v) is 4.81. The maximum atomic E-state index is 11.7. The van der Waals surface area contributed by atoms with E-state index in [1.807, 2.05) is 30.9 Å². The Balaban J connectivity index is 1.73. The highest BCUT2D eigenvalue weighted by atomic mass is 16.1. The molecule has 106 valence electrons. The summed E-state index contributed by atoms with van der Waals surface area (Å²) in [5.41, 5.74) is 1.83. The summed E-state index contributed by atoms with van der Waals surface area (Å²) in [6, 6.07) is 3.75. The molecule has 0 radical (unpaired) electrons. The highest BCUT2D eigenvalue weighted by molar-refractivity contribution is 5.92. The standard InChI is InChI=1S/C14H19N5O/c1-11-6-17-19(9-11)10-12(2)16-8-14(20)18-13-4-3-5-15-7-13/h3-7,9,12,16H,8,10H2,1-2H3,(H,18,20). The van der Waals surface area contributed by atoms with Crippen LogP contribution in [0.2, 0.25) is 0 Å². The van der Waals surface area contributed by atoms with Gasteiger partial charge in [0.15, 0.2) is 0 Å². The molecular weight excluding hydrogens is 254 g/mol. The Labute approximate surface area is 118 Å². The lowest BCUT2D eigenvalue weighted by molar-refractivity contribution is -0.115. The molecule has 6 heteroatoms. The van der Waals surface area contributed by atoms with Crippen LogP contribution >= 0.6 is 0 Å². The van der Waals surface area contributed by atoms with Crippen LogP contribution in [0.4, 0.5) is 5.69 Å². The largest absolute Gasteiger partial charge is 0.324 e. The van der Waals surface area contributed by atoms with E-state index in [9.17, 15) is 4.79 Å². The van der Waals surface area contributed by atoms with E-state index in [0.717, 1.165) is 12.1 Å². The summed E-state index contributed by atoms with van der Waals surface area (Å²) in [4.78, 5) is 15.7. The lowest BCUT2D eigenvalue weighted by Crippen LogP contribution is -2.37. The van der Waals surface area contributed by atoms with Gasteiger partial charge in [-0.3, -0.25) is 14.5 Å². The fraction of sp³-hybridized carbons (Fsp3) is 0.357. The summed E-state index contributed by atoms with van der Waals surface area (Å²) in [6.45, 7) is 5.02. The number of aryl methyl sites for hydroxylation is 1. The fourth-order valence-corrected chi connectivity index (χ4v) is 1.82. The molecule has 2 heterocycles. The second kappa shape index (κ2) is 6.81. The summed E-state index contributed by atoms with van der Waals surface area (Å²) in [6.07, 6.45) is 7.09. The van der Waals surface area contributed by atoms with Gasteiger partial charge in [0.2, 0.25) is 5.91 Å². The number of pyridine rings is 1. The molecular formula is C14H19N5O. The minimum Gasteiger partial charge on any atom is -0.324 e. The van der Waals surface area contributed by atoms with Crippen molar-refractivity contribution in [3.63, 3.8) is 0 Å². The molecule has 0 aliphatic heterocycles. The predicted molar refractivity (Wildman–Crippen MR) is 77.3 cm³/mol. The van der Waals surface area contributed by atoms with Crippen molar-refractivity contribution in [3.05, 3.63) is 42.5 Å². The van der Waals surface area contributed by atoms with Crippen LogP contribution < -0.4 is 10.6 Å². The van der Waals surface area contributed by atoms with Gasteiger partial charge < -0.3 is 10.6 Å². The highest BCUT2D eigenvalue weighted by Crippen LogP contribution is 2.01. The van der Waals surface area contributed by atoms with E-state index < -0.39 is 0 Å². The summed E-state index contributed by atoms with van der Waals surface area (Å²) >= 11 is 0. The Kier molecular flexibility index (Phi) is 4.84. The van der Waals surface area contributed by atoms with Gasteiger partial charge >= 0.3 is 0 Å². The van der Waals surface area contributed by atoms with Crippen LogP contribution in [0, 0.1) is 6.92 Å². The van der Waals surface area contributed by atoms with Crippen molar-refractivity contribution in [1.82, 2.24) is 20.1 Å². The molecule has 2 aromatic rings. The van der Waals surface area contributed by atoms with Gasteiger partial charge in [-0.15, -0.1) is 0 Å². The number of hydrogen-bond donors (Lipinski definition) is 2. The molecule has 6 nitrogen and oxygen atoms in total. The number of aromatic nitrogens is 3. The third-order valence-corrected chi connectivity index (χ3v) is 2.78. The molecule has 0 saturated carbocycles. The van der Waals surface area contributed by atoms with Crippen molar-refractivity contribution in [1.29, 1.82) is 0 Å². The van der Waals surface area contributed by atoms with Gasteiger partial charge in [0, 0.05) is 18.4 Å². The third kappa shape index (κ3) is 4.47. The van der Waals surface area contributed by atoms with Crippen molar-refractivity contribution >= 4 is 11.6 Å². The minimum atomic E-state index is -0.0819. The Morgan fingerprint density at radius 1 is 1.45 bits per heavy atom.